The van der Waals surface area contributed by atoms with Crippen molar-refractivity contribution < 1.29 is 22.7 Å². The predicted molar refractivity (Wildman–Crippen MR) is 105 cm³/mol. The summed E-state index contributed by atoms with van der Waals surface area (Å²) in [4.78, 5) is 26.5. The lowest BCUT2D eigenvalue weighted by molar-refractivity contribution is -0.126. The largest absolute Gasteiger partial charge is 0.449 e. The molecule has 2 aromatic carbocycles. The van der Waals surface area contributed by atoms with Gasteiger partial charge < -0.3 is 9.64 Å². The molecule has 148 valence electrons. The fourth-order valence-electron chi connectivity index (χ4n) is 3.01. The summed E-state index contributed by atoms with van der Waals surface area (Å²) in [5, 5.41) is -0.0244. The van der Waals surface area contributed by atoms with E-state index in [9.17, 15) is 18.0 Å². The van der Waals surface area contributed by atoms with Crippen LogP contribution < -0.4 is 9.62 Å². The predicted octanol–water partition coefficient (Wildman–Crippen LogP) is 2.38. The number of anilines is 1. The SMILES string of the molecule is CNS(=O)(=O)c1cc(C(=O)OC(C)C(=O)N2CCc3ccccc32)ccc1Cl. The van der Waals surface area contributed by atoms with Crippen LogP contribution >= 0.6 is 11.6 Å². The Bertz CT molecular complexity index is 1040. The molecule has 0 bridgehead atoms. The van der Waals surface area contributed by atoms with Crippen molar-refractivity contribution in [3.8, 4) is 0 Å². The molecule has 7 nitrogen and oxygen atoms in total. The topological polar surface area (TPSA) is 92.8 Å². The van der Waals surface area contributed by atoms with Crippen LogP contribution in [0.2, 0.25) is 5.02 Å². The standard InChI is InChI=1S/C19H19ClN2O5S/c1-12(18(23)22-10-9-13-5-3-4-6-16(13)22)27-19(24)14-7-8-15(20)17(11-14)28(25,26)21-2/h3-8,11-12,21H,9-10H2,1-2H3. The van der Waals surface area contributed by atoms with Gasteiger partial charge in [0.1, 0.15) is 4.90 Å². The number of sulfonamides is 1. The number of carbonyl (C=O) groups is 2. The van der Waals surface area contributed by atoms with Crippen molar-refractivity contribution in [3.05, 3.63) is 58.6 Å². The second-order valence-corrected chi connectivity index (χ2v) is 8.53. The van der Waals surface area contributed by atoms with Gasteiger partial charge in [0.25, 0.3) is 5.91 Å². The average Bonchev–Trinajstić information content (AvgIpc) is 3.11. The van der Waals surface area contributed by atoms with Gasteiger partial charge in [0, 0.05) is 12.2 Å². The molecular formula is C19H19ClN2O5S. The Labute approximate surface area is 168 Å². The van der Waals surface area contributed by atoms with Gasteiger partial charge in [-0.1, -0.05) is 29.8 Å². The number of para-hydroxylation sites is 1. The van der Waals surface area contributed by atoms with Gasteiger partial charge in [0.2, 0.25) is 10.0 Å². The Kier molecular flexibility index (Phi) is 5.74. The fraction of sp³-hybridized carbons (Fsp3) is 0.263. The zero-order chi connectivity index (χ0) is 20.5. The molecule has 1 unspecified atom stereocenters. The number of nitrogens with one attached hydrogen (secondary N) is 1. The van der Waals surface area contributed by atoms with Crippen molar-refractivity contribution in [1.82, 2.24) is 4.72 Å². The van der Waals surface area contributed by atoms with Gasteiger partial charge in [-0.15, -0.1) is 0 Å². The summed E-state index contributed by atoms with van der Waals surface area (Å²) in [5.74, 6) is -1.15. The van der Waals surface area contributed by atoms with Crippen molar-refractivity contribution in [2.75, 3.05) is 18.5 Å². The highest BCUT2D eigenvalue weighted by atomic mass is 35.5. The third kappa shape index (κ3) is 3.89. The van der Waals surface area contributed by atoms with Crippen molar-refractivity contribution in [3.63, 3.8) is 0 Å². The number of esters is 1. The Morgan fingerprint density at radius 2 is 1.93 bits per heavy atom. The van der Waals surface area contributed by atoms with Crippen LogP contribution in [-0.4, -0.2) is 40.0 Å². The van der Waals surface area contributed by atoms with E-state index in [1.54, 1.807) is 4.90 Å². The minimum Gasteiger partial charge on any atom is -0.449 e. The van der Waals surface area contributed by atoms with E-state index >= 15 is 0 Å². The Hall–Kier alpha value is -2.42. The molecule has 9 heteroatoms. The zero-order valence-electron chi connectivity index (χ0n) is 15.3. The van der Waals surface area contributed by atoms with Crippen molar-refractivity contribution in [2.24, 2.45) is 0 Å². The number of rotatable bonds is 5. The summed E-state index contributed by atoms with van der Waals surface area (Å²) < 4.78 is 31.4. The van der Waals surface area contributed by atoms with Crippen LogP contribution in [0.3, 0.4) is 0 Å². The number of carbonyl (C=O) groups excluding carboxylic acids is 2. The van der Waals surface area contributed by atoms with Crippen LogP contribution in [0.4, 0.5) is 5.69 Å². The first-order valence-corrected chi connectivity index (χ1v) is 10.4. The van der Waals surface area contributed by atoms with E-state index in [-0.39, 0.29) is 21.4 Å². The summed E-state index contributed by atoms with van der Waals surface area (Å²) in [6.45, 7) is 2.01. The summed E-state index contributed by atoms with van der Waals surface area (Å²) in [6, 6.07) is 11.3. The van der Waals surface area contributed by atoms with E-state index in [0.29, 0.717) is 6.54 Å². The van der Waals surface area contributed by atoms with E-state index < -0.39 is 22.1 Å². The number of benzene rings is 2. The first-order valence-electron chi connectivity index (χ1n) is 8.58. The third-order valence-electron chi connectivity index (χ3n) is 4.51. The zero-order valence-corrected chi connectivity index (χ0v) is 16.9. The molecule has 1 aliphatic rings. The smallest absolute Gasteiger partial charge is 0.338 e. The van der Waals surface area contributed by atoms with Gasteiger partial charge in [-0.2, -0.15) is 0 Å². The fourth-order valence-corrected chi connectivity index (χ4v) is 4.26. The van der Waals surface area contributed by atoms with Crippen LogP contribution in [0.25, 0.3) is 0 Å². The third-order valence-corrected chi connectivity index (χ3v) is 6.41. The number of ether oxygens (including phenoxy) is 1. The number of fused-ring (bicyclic) bond motifs is 1. The first kappa shape index (κ1) is 20.3. The highest BCUT2D eigenvalue weighted by molar-refractivity contribution is 7.89. The van der Waals surface area contributed by atoms with E-state index in [4.69, 9.17) is 16.3 Å². The van der Waals surface area contributed by atoms with E-state index in [0.717, 1.165) is 23.7 Å². The van der Waals surface area contributed by atoms with Crippen molar-refractivity contribution >= 4 is 39.2 Å². The number of amides is 1. The molecule has 28 heavy (non-hydrogen) atoms. The molecule has 1 heterocycles. The molecule has 0 aromatic heterocycles. The minimum absolute atomic E-state index is 0.0142. The highest BCUT2D eigenvalue weighted by Crippen LogP contribution is 2.28. The number of halogens is 1. The second-order valence-electron chi connectivity index (χ2n) is 6.27. The molecule has 0 radical (unpaired) electrons. The van der Waals surface area contributed by atoms with Gasteiger partial charge in [-0.25, -0.2) is 17.9 Å². The van der Waals surface area contributed by atoms with Crippen LogP contribution in [0.5, 0.6) is 0 Å². The first-order chi connectivity index (χ1) is 13.2. The molecular weight excluding hydrogens is 404 g/mol. The lowest BCUT2D eigenvalue weighted by Gasteiger charge is -2.21. The molecule has 0 aliphatic carbocycles. The number of nitrogens with zero attached hydrogens (tertiary/aromatic N) is 1. The molecule has 1 N–H and O–H groups in total. The van der Waals surface area contributed by atoms with Crippen LogP contribution in [0.15, 0.2) is 47.4 Å². The molecule has 2 aromatic rings. The van der Waals surface area contributed by atoms with Gasteiger partial charge in [-0.05, 0) is 50.2 Å². The monoisotopic (exact) mass is 422 g/mol. The molecule has 0 fully saturated rings. The van der Waals surface area contributed by atoms with Gasteiger partial charge in [0.05, 0.1) is 10.6 Å². The summed E-state index contributed by atoms with van der Waals surface area (Å²) in [5.41, 5.74) is 1.86. The second kappa shape index (κ2) is 7.90. The molecule has 1 atom stereocenters. The summed E-state index contributed by atoms with van der Waals surface area (Å²) in [7, 11) is -2.60. The van der Waals surface area contributed by atoms with Gasteiger partial charge >= 0.3 is 5.97 Å². The summed E-state index contributed by atoms with van der Waals surface area (Å²) >= 11 is 5.92. The van der Waals surface area contributed by atoms with Crippen LogP contribution in [0, 0.1) is 0 Å². The van der Waals surface area contributed by atoms with Crippen LogP contribution in [-0.2, 0) is 26.0 Å². The van der Waals surface area contributed by atoms with E-state index in [2.05, 4.69) is 4.72 Å². The highest BCUT2D eigenvalue weighted by Gasteiger charge is 2.30. The lowest BCUT2D eigenvalue weighted by atomic mass is 10.2. The molecule has 3 rings (SSSR count). The van der Waals surface area contributed by atoms with E-state index in [1.807, 2.05) is 24.3 Å². The average molecular weight is 423 g/mol. The van der Waals surface area contributed by atoms with Gasteiger partial charge in [-0.3, -0.25) is 4.79 Å². The maximum atomic E-state index is 12.7. The molecule has 1 aliphatic heterocycles. The quantitative estimate of drug-likeness (QED) is 0.747. The molecule has 1 amide bonds. The minimum atomic E-state index is -3.84. The maximum absolute atomic E-state index is 12.7. The Balaban J connectivity index is 1.76. The molecule has 0 saturated heterocycles. The Morgan fingerprint density at radius 1 is 1.21 bits per heavy atom. The van der Waals surface area contributed by atoms with E-state index in [1.165, 1.54) is 26.1 Å². The lowest BCUT2D eigenvalue weighted by Crippen LogP contribution is -2.39. The van der Waals surface area contributed by atoms with Crippen LogP contribution in [0.1, 0.15) is 22.8 Å². The van der Waals surface area contributed by atoms with Gasteiger partial charge in [0.15, 0.2) is 6.10 Å². The Morgan fingerprint density at radius 3 is 2.64 bits per heavy atom. The summed E-state index contributed by atoms with van der Waals surface area (Å²) in [6.07, 6.45) is -0.288. The number of hydrogen-bond donors (Lipinski definition) is 1. The maximum Gasteiger partial charge on any atom is 0.338 e. The number of hydrogen-bond acceptors (Lipinski definition) is 5. The molecule has 0 saturated carbocycles. The molecule has 0 spiro atoms. The van der Waals surface area contributed by atoms with Crippen molar-refractivity contribution in [1.29, 1.82) is 0 Å². The van der Waals surface area contributed by atoms with Crippen molar-refractivity contribution in [2.45, 2.75) is 24.3 Å². The normalized spacial score (nSPS) is 14.5.